The van der Waals surface area contributed by atoms with Crippen molar-refractivity contribution in [1.29, 1.82) is 5.26 Å². The molecular weight excluding hydrogens is 271 g/mol. The number of nitriles is 1. The molecule has 0 spiro atoms. The van der Waals surface area contributed by atoms with E-state index in [4.69, 9.17) is 5.26 Å². The lowest BCUT2D eigenvalue weighted by atomic mass is 10.1. The van der Waals surface area contributed by atoms with Gasteiger partial charge in [0.05, 0.1) is 18.2 Å². The Morgan fingerprint density at radius 3 is 3.05 bits per heavy atom. The van der Waals surface area contributed by atoms with Crippen LogP contribution in [0.2, 0.25) is 0 Å². The average Bonchev–Trinajstić information content (AvgIpc) is 2.72. The summed E-state index contributed by atoms with van der Waals surface area (Å²) in [5.74, 6) is -0.669. The molecule has 0 radical (unpaired) electrons. The molecule has 1 saturated heterocycles. The number of anilines is 1. The van der Waals surface area contributed by atoms with Crippen LogP contribution in [0.3, 0.4) is 0 Å². The van der Waals surface area contributed by atoms with E-state index in [0.717, 1.165) is 32.6 Å². The number of benzene rings is 1. The first kappa shape index (κ1) is 15.4. The number of rotatable bonds is 3. The van der Waals surface area contributed by atoms with Crippen LogP contribution in [0.4, 0.5) is 10.1 Å². The van der Waals surface area contributed by atoms with Gasteiger partial charge < -0.3 is 10.6 Å². The zero-order chi connectivity index (χ0) is 15.2. The van der Waals surface area contributed by atoms with Crippen molar-refractivity contribution in [3.05, 3.63) is 29.1 Å². The molecule has 1 aliphatic heterocycles. The largest absolute Gasteiger partial charge is 0.325 e. The molecule has 5 nitrogen and oxygen atoms in total. The van der Waals surface area contributed by atoms with E-state index in [1.165, 1.54) is 12.1 Å². The van der Waals surface area contributed by atoms with E-state index in [-0.39, 0.29) is 18.0 Å². The molecular formula is C15H19FN4O. The molecule has 1 aliphatic rings. The first-order chi connectivity index (χ1) is 10.1. The molecule has 1 amide bonds. The molecule has 1 heterocycles. The van der Waals surface area contributed by atoms with Gasteiger partial charge in [0.1, 0.15) is 5.82 Å². The van der Waals surface area contributed by atoms with E-state index in [9.17, 15) is 9.18 Å². The van der Waals surface area contributed by atoms with Gasteiger partial charge in [-0.25, -0.2) is 4.39 Å². The van der Waals surface area contributed by atoms with Gasteiger partial charge in [0.15, 0.2) is 0 Å². The Balaban J connectivity index is 2.02. The second-order valence-electron chi connectivity index (χ2n) is 5.17. The van der Waals surface area contributed by atoms with Crippen LogP contribution in [-0.2, 0) is 4.79 Å². The number of hydrogen-bond acceptors (Lipinski definition) is 4. The number of nitrogens with one attached hydrogen (secondary N) is 2. The topological polar surface area (TPSA) is 68.2 Å². The Morgan fingerprint density at radius 2 is 2.29 bits per heavy atom. The summed E-state index contributed by atoms with van der Waals surface area (Å²) in [5.41, 5.74) is 0.914. The lowest BCUT2D eigenvalue weighted by Gasteiger charge is -2.19. The van der Waals surface area contributed by atoms with Gasteiger partial charge in [-0.2, -0.15) is 5.26 Å². The van der Waals surface area contributed by atoms with Crippen LogP contribution in [0.15, 0.2) is 12.1 Å². The lowest BCUT2D eigenvalue weighted by molar-refractivity contribution is -0.117. The first-order valence-corrected chi connectivity index (χ1v) is 7.03. The van der Waals surface area contributed by atoms with E-state index < -0.39 is 5.82 Å². The van der Waals surface area contributed by atoms with Gasteiger partial charge in [0, 0.05) is 24.3 Å². The van der Waals surface area contributed by atoms with Gasteiger partial charge in [-0.1, -0.05) is 0 Å². The number of carbonyl (C=O) groups is 1. The Labute approximate surface area is 123 Å². The summed E-state index contributed by atoms with van der Waals surface area (Å²) in [6.45, 7) is 5.38. The van der Waals surface area contributed by atoms with Gasteiger partial charge in [0.25, 0.3) is 0 Å². The summed E-state index contributed by atoms with van der Waals surface area (Å²) < 4.78 is 13.7. The average molecular weight is 290 g/mol. The van der Waals surface area contributed by atoms with Crippen LogP contribution in [-0.4, -0.2) is 43.5 Å². The maximum atomic E-state index is 13.7. The number of nitrogens with zero attached hydrogens (tertiary/aromatic N) is 2. The van der Waals surface area contributed by atoms with Crippen LogP contribution in [0, 0.1) is 24.1 Å². The highest BCUT2D eigenvalue weighted by Crippen LogP contribution is 2.20. The number of carbonyl (C=O) groups excluding carboxylic acids is 1. The third-order valence-electron chi connectivity index (χ3n) is 3.55. The quantitative estimate of drug-likeness (QED) is 0.879. The normalized spacial score (nSPS) is 16.0. The third kappa shape index (κ3) is 4.25. The Kier molecular flexibility index (Phi) is 5.26. The molecule has 1 aromatic carbocycles. The van der Waals surface area contributed by atoms with Crippen molar-refractivity contribution in [2.75, 3.05) is 38.0 Å². The fourth-order valence-corrected chi connectivity index (χ4v) is 2.33. The minimum Gasteiger partial charge on any atom is -0.325 e. The zero-order valence-electron chi connectivity index (χ0n) is 12.1. The van der Waals surface area contributed by atoms with Gasteiger partial charge >= 0.3 is 0 Å². The minimum atomic E-state index is -0.483. The summed E-state index contributed by atoms with van der Waals surface area (Å²) in [6, 6.07) is 4.56. The lowest BCUT2D eigenvalue weighted by Crippen LogP contribution is -2.35. The van der Waals surface area contributed by atoms with E-state index >= 15 is 0 Å². The van der Waals surface area contributed by atoms with Crippen LogP contribution in [0.1, 0.15) is 17.5 Å². The number of amides is 1. The highest BCUT2D eigenvalue weighted by Gasteiger charge is 2.15. The summed E-state index contributed by atoms with van der Waals surface area (Å²) in [5, 5.41) is 14.8. The predicted octanol–water partition coefficient (Wildman–Crippen LogP) is 1.24. The van der Waals surface area contributed by atoms with Gasteiger partial charge in [-0.15, -0.1) is 0 Å². The second kappa shape index (κ2) is 7.16. The smallest absolute Gasteiger partial charge is 0.238 e. The van der Waals surface area contributed by atoms with Crippen molar-refractivity contribution in [3.8, 4) is 6.07 Å². The molecule has 0 saturated carbocycles. The molecule has 0 atom stereocenters. The van der Waals surface area contributed by atoms with Crippen molar-refractivity contribution in [3.63, 3.8) is 0 Å². The summed E-state index contributed by atoms with van der Waals surface area (Å²) in [6.07, 6.45) is 1.00. The first-order valence-electron chi connectivity index (χ1n) is 7.03. The molecule has 0 aliphatic carbocycles. The van der Waals surface area contributed by atoms with Gasteiger partial charge in [-0.3, -0.25) is 9.69 Å². The summed E-state index contributed by atoms with van der Waals surface area (Å²) in [4.78, 5) is 14.1. The SMILES string of the molecule is Cc1c(F)cc(C#N)cc1NC(=O)CN1CCCNCC1. The van der Waals surface area contributed by atoms with E-state index in [0.29, 0.717) is 11.3 Å². The molecule has 0 aromatic heterocycles. The maximum absolute atomic E-state index is 13.7. The number of hydrogen-bond donors (Lipinski definition) is 2. The van der Waals surface area contributed by atoms with E-state index in [1.54, 1.807) is 6.92 Å². The van der Waals surface area contributed by atoms with E-state index in [1.807, 2.05) is 6.07 Å². The van der Waals surface area contributed by atoms with Gasteiger partial charge in [-0.05, 0) is 38.6 Å². The van der Waals surface area contributed by atoms with Crippen molar-refractivity contribution in [2.45, 2.75) is 13.3 Å². The Bertz CT molecular complexity index is 560. The Morgan fingerprint density at radius 1 is 1.48 bits per heavy atom. The van der Waals surface area contributed by atoms with Crippen LogP contribution in [0.25, 0.3) is 0 Å². The molecule has 2 N–H and O–H groups in total. The van der Waals surface area contributed by atoms with Crippen molar-refractivity contribution >= 4 is 11.6 Å². The van der Waals surface area contributed by atoms with Crippen molar-refractivity contribution in [1.82, 2.24) is 10.2 Å². The van der Waals surface area contributed by atoms with Crippen LogP contribution < -0.4 is 10.6 Å². The Hall–Kier alpha value is -1.97. The van der Waals surface area contributed by atoms with E-state index in [2.05, 4.69) is 15.5 Å². The van der Waals surface area contributed by atoms with Crippen molar-refractivity contribution in [2.24, 2.45) is 0 Å². The van der Waals surface area contributed by atoms with Crippen LogP contribution in [0.5, 0.6) is 0 Å². The second-order valence-corrected chi connectivity index (χ2v) is 5.17. The molecule has 2 rings (SSSR count). The zero-order valence-corrected chi connectivity index (χ0v) is 12.1. The fourth-order valence-electron chi connectivity index (χ4n) is 2.33. The molecule has 6 heteroatoms. The number of halogens is 1. The molecule has 0 bridgehead atoms. The maximum Gasteiger partial charge on any atom is 0.238 e. The fraction of sp³-hybridized carbons (Fsp3) is 0.467. The monoisotopic (exact) mass is 290 g/mol. The molecule has 21 heavy (non-hydrogen) atoms. The standard InChI is InChI=1S/C15H19FN4O/c1-11-13(16)7-12(9-17)8-14(11)19-15(21)10-20-5-2-3-18-4-6-20/h7-8,18H,2-6,10H2,1H3,(H,19,21). The third-order valence-corrected chi connectivity index (χ3v) is 3.55. The summed E-state index contributed by atoms with van der Waals surface area (Å²) >= 11 is 0. The van der Waals surface area contributed by atoms with Crippen molar-refractivity contribution < 1.29 is 9.18 Å². The molecule has 0 unspecified atom stereocenters. The molecule has 112 valence electrons. The molecule has 1 fully saturated rings. The predicted molar refractivity (Wildman–Crippen MR) is 78.4 cm³/mol. The van der Waals surface area contributed by atoms with Crippen LogP contribution >= 0.6 is 0 Å². The summed E-state index contributed by atoms with van der Waals surface area (Å²) in [7, 11) is 0. The highest BCUT2D eigenvalue weighted by molar-refractivity contribution is 5.93. The minimum absolute atomic E-state index is 0.186. The van der Waals surface area contributed by atoms with Gasteiger partial charge in [0.2, 0.25) is 5.91 Å². The molecule has 1 aromatic rings. The highest BCUT2D eigenvalue weighted by atomic mass is 19.1.